The van der Waals surface area contributed by atoms with E-state index in [2.05, 4.69) is 0 Å². The molecule has 2 unspecified atom stereocenters. The Hall–Kier alpha value is -0.970. The lowest BCUT2D eigenvalue weighted by molar-refractivity contribution is -0.139. The molecule has 0 saturated carbocycles. The van der Waals surface area contributed by atoms with Crippen LogP contribution in [0.25, 0.3) is 0 Å². The number of likely N-dealkylation sites (tertiary alicyclic amines) is 1. The second-order valence-corrected chi connectivity index (χ2v) is 5.87. The molecular formula is C14H18Cl2N2O2. The van der Waals surface area contributed by atoms with Crippen molar-refractivity contribution in [3.05, 3.63) is 28.2 Å². The molecule has 6 heteroatoms. The molecule has 0 aromatic heterocycles. The fourth-order valence-corrected chi connectivity index (χ4v) is 2.73. The third-order valence-corrected chi connectivity index (χ3v) is 3.85. The van der Waals surface area contributed by atoms with Gasteiger partial charge in [-0.3, -0.25) is 4.79 Å². The van der Waals surface area contributed by atoms with Gasteiger partial charge in [-0.15, -0.1) is 0 Å². The lowest BCUT2D eigenvalue weighted by atomic mass is 10.1. The Labute approximate surface area is 128 Å². The number of nitrogens with zero attached hydrogens (tertiary/aromatic N) is 1. The van der Waals surface area contributed by atoms with Crippen LogP contribution >= 0.6 is 23.2 Å². The second-order valence-electron chi connectivity index (χ2n) is 5.02. The number of amides is 1. The molecular weight excluding hydrogens is 299 g/mol. The summed E-state index contributed by atoms with van der Waals surface area (Å²) >= 11 is 11.9. The van der Waals surface area contributed by atoms with Gasteiger partial charge in [0, 0.05) is 24.2 Å². The minimum absolute atomic E-state index is 0.0546. The highest BCUT2D eigenvalue weighted by molar-refractivity contribution is 6.35. The minimum Gasteiger partial charge on any atom is -0.479 e. The highest BCUT2D eigenvalue weighted by atomic mass is 35.5. The maximum atomic E-state index is 12.3. The van der Waals surface area contributed by atoms with Gasteiger partial charge in [-0.05, 0) is 38.0 Å². The lowest BCUT2D eigenvalue weighted by Gasteiger charge is -2.32. The van der Waals surface area contributed by atoms with E-state index in [0.717, 1.165) is 19.4 Å². The van der Waals surface area contributed by atoms with E-state index in [-0.39, 0.29) is 11.9 Å². The maximum Gasteiger partial charge on any atom is 0.263 e. The maximum absolute atomic E-state index is 12.3. The van der Waals surface area contributed by atoms with Crippen LogP contribution in [0.5, 0.6) is 5.75 Å². The summed E-state index contributed by atoms with van der Waals surface area (Å²) in [6, 6.07) is 4.98. The fraction of sp³-hybridized carbons (Fsp3) is 0.500. The van der Waals surface area contributed by atoms with Gasteiger partial charge in [0.2, 0.25) is 0 Å². The number of rotatable bonds is 3. The smallest absolute Gasteiger partial charge is 0.263 e. The molecule has 1 saturated heterocycles. The molecule has 0 radical (unpaired) electrons. The monoisotopic (exact) mass is 316 g/mol. The Balaban J connectivity index is 2.00. The fourth-order valence-electron chi connectivity index (χ4n) is 2.28. The largest absolute Gasteiger partial charge is 0.479 e. The van der Waals surface area contributed by atoms with Crippen molar-refractivity contribution in [1.29, 1.82) is 0 Å². The van der Waals surface area contributed by atoms with Crippen molar-refractivity contribution in [3.8, 4) is 5.75 Å². The molecule has 2 N–H and O–H groups in total. The topological polar surface area (TPSA) is 55.6 Å². The number of piperidine rings is 1. The highest BCUT2D eigenvalue weighted by Crippen LogP contribution is 2.28. The summed E-state index contributed by atoms with van der Waals surface area (Å²) < 4.78 is 5.63. The first-order chi connectivity index (χ1) is 9.47. The van der Waals surface area contributed by atoms with Gasteiger partial charge < -0.3 is 15.4 Å². The molecule has 1 aliphatic rings. The number of benzene rings is 1. The number of hydrogen-bond donors (Lipinski definition) is 1. The zero-order valence-electron chi connectivity index (χ0n) is 11.3. The summed E-state index contributed by atoms with van der Waals surface area (Å²) in [5.74, 6) is 0.393. The molecule has 1 aromatic carbocycles. The number of hydrogen-bond acceptors (Lipinski definition) is 3. The number of ether oxygens (including phenoxy) is 1. The van der Waals surface area contributed by atoms with E-state index < -0.39 is 6.10 Å². The number of halogens is 2. The van der Waals surface area contributed by atoms with Gasteiger partial charge in [-0.2, -0.15) is 0 Å². The summed E-state index contributed by atoms with van der Waals surface area (Å²) in [6.07, 6.45) is 1.29. The molecule has 2 rings (SSSR count). The van der Waals surface area contributed by atoms with Crippen molar-refractivity contribution in [3.63, 3.8) is 0 Å². The average Bonchev–Trinajstić information content (AvgIpc) is 2.41. The SMILES string of the molecule is CC(Oc1ccc(Cl)cc1Cl)C(=O)N1CCCC(N)C1. The van der Waals surface area contributed by atoms with Crippen LogP contribution < -0.4 is 10.5 Å². The first-order valence-electron chi connectivity index (χ1n) is 6.63. The van der Waals surface area contributed by atoms with Crippen LogP contribution in [-0.2, 0) is 4.79 Å². The van der Waals surface area contributed by atoms with E-state index >= 15 is 0 Å². The van der Waals surface area contributed by atoms with E-state index in [1.807, 2.05) is 0 Å². The van der Waals surface area contributed by atoms with Crippen LogP contribution in [0.15, 0.2) is 18.2 Å². The summed E-state index contributed by atoms with van der Waals surface area (Å²) in [7, 11) is 0. The first-order valence-corrected chi connectivity index (χ1v) is 7.39. The molecule has 2 atom stereocenters. The predicted molar refractivity (Wildman–Crippen MR) is 80.3 cm³/mol. The van der Waals surface area contributed by atoms with Gasteiger partial charge in [0.1, 0.15) is 5.75 Å². The third kappa shape index (κ3) is 3.78. The predicted octanol–water partition coefficient (Wildman–Crippen LogP) is 2.71. The molecule has 4 nitrogen and oxygen atoms in total. The first kappa shape index (κ1) is 15.4. The standard InChI is InChI=1S/C14H18Cl2N2O2/c1-9(14(19)18-6-2-3-11(17)8-18)20-13-5-4-10(15)7-12(13)16/h4-5,7,9,11H,2-3,6,8,17H2,1H3. The number of carbonyl (C=O) groups is 1. The van der Waals surface area contributed by atoms with Crippen LogP contribution in [0.3, 0.4) is 0 Å². The summed E-state index contributed by atoms with van der Waals surface area (Å²) in [4.78, 5) is 14.1. The van der Waals surface area contributed by atoms with E-state index in [0.29, 0.717) is 22.3 Å². The van der Waals surface area contributed by atoms with Crippen LogP contribution in [-0.4, -0.2) is 36.0 Å². The molecule has 110 valence electrons. The minimum atomic E-state index is -0.598. The Kier molecular flexibility index (Phi) is 5.13. The molecule has 1 heterocycles. The normalized spacial score (nSPS) is 20.6. The van der Waals surface area contributed by atoms with Gasteiger partial charge in [0.05, 0.1) is 5.02 Å². The van der Waals surface area contributed by atoms with Crippen LogP contribution in [0.1, 0.15) is 19.8 Å². The molecule has 1 amide bonds. The average molecular weight is 317 g/mol. The van der Waals surface area contributed by atoms with Crippen molar-refractivity contribution in [1.82, 2.24) is 4.90 Å². The number of carbonyl (C=O) groups excluding carboxylic acids is 1. The van der Waals surface area contributed by atoms with E-state index in [1.54, 1.807) is 30.0 Å². The molecule has 1 fully saturated rings. The molecule has 1 aromatic rings. The van der Waals surface area contributed by atoms with Crippen molar-refractivity contribution < 1.29 is 9.53 Å². The van der Waals surface area contributed by atoms with Crippen molar-refractivity contribution >= 4 is 29.1 Å². The molecule has 20 heavy (non-hydrogen) atoms. The van der Waals surface area contributed by atoms with Crippen LogP contribution in [0, 0.1) is 0 Å². The van der Waals surface area contributed by atoms with E-state index in [9.17, 15) is 4.79 Å². The quantitative estimate of drug-likeness (QED) is 0.932. The van der Waals surface area contributed by atoms with Crippen molar-refractivity contribution in [2.45, 2.75) is 31.9 Å². The van der Waals surface area contributed by atoms with Crippen LogP contribution in [0.2, 0.25) is 10.0 Å². The Morgan fingerprint density at radius 2 is 2.25 bits per heavy atom. The van der Waals surface area contributed by atoms with Gasteiger partial charge in [0.25, 0.3) is 5.91 Å². The molecule has 0 bridgehead atoms. The molecule has 1 aliphatic heterocycles. The lowest BCUT2D eigenvalue weighted by Crippen LogP contribution is -2.49. The Bertz CT molecular complexity index is 496. The zero-order valence-corrected chi connectivity index (χ0v) is 12.8. The van der Waals surface area contributed by atoms with Crippen molar-refractivity contribution in [2.75, 3.05) is 13.1 Å². The van der Waals surface area contributed by atoms with E-state index in [4.69, 9.17) is 33.7 Å². The van der Waals surface area contributed by atoms with Crippen LogP contribution in [0.4, 0.5) is 0 Å². The number of nitrogens with two attached hydrogens (primary N) is 1. The van der Waals surface area contributed by atoms with Crippen molar-refractivity contribution in [2.24, 2.45) is 5.73 Å². The second kappa shape index (κ2) is 6.66. The van der Waals surface area contributed by atoms with Gasteiger partial charge in [-0.1, -0.05) is 23.2 Å². The van der Waals surface area contributed by atoms with E-state index in [1.165, 1.54) is 0 Å². The third-order valence-electron chi connectivity index (χ3n) is 3.31. The highest BCUT2D eigenvalue weighted by Gasteiger charge is 2.26. The Morgan fingerprint density at radius 3 is 2.90 bits per heavy atom. The molecule has 0 spiro atoms. The van der Waals surface area contributed by atoms with Gasteiger partial charge in [0.15, 0.2) is 6.10 Å². The Morgan fingerprint density at radius 1 is 1.50 bits per heavy atom. The summed E-state index contributed by atoms with van der Waals surface area (Å²) in [5, 5.41) is 0.927. The zero-order chi connectivity index (χ0) is 14.7. The summed E-state index contributed by atoms with van der Waals surface area (Å²) in [5.41, 5.74) is 5.89. The summed E-state index contributed by atoms with van der Waals surface area (Å²) in [6.45, 7) is 3.03. The molecule has 0 aliphatic carbocycles. The van der Waals surface area contributed by atoms with Gasteiger partial charge >= 0.3 is 0 Å². The van der Waals surface area contributed by atoms with Gasteiger partial charge in [-0.25, -0.2) is 0 Å².